The average molecular weight is 723 g/mol. The zero-order valence-corrected chi connectivity index (χ0v) is 31.2. The highest BCUT2D eigenvalue weighted by Crippen LogP contribution is 2.35. The minimum absolute atomic E-state index is 0.174. The van der Waals surface area contributed by atoms with E-state index in [9.17, 15) is 14.4 Å². The zero-order chi connectivity index (χ0) is 37.7. The summed E-state index contributed by atoms with van der Waals surface area (Å²) in [7, 11) is 0. The van der Waals surface area contributed by atoms with Crippen molar-refractivity contribution in [3.05, 3.63) is 126 Å². The number of hydrogen-bond donors (Lipinski definition) is 1. The minimum Gasteiger partial charge on any atom is -0.481 e. The van der Waals surface area contributed by atoms with Crippen LogP contribution in [0.2, 0.25) is 0 Å². The molecule has 6 nitrogen and oxygen atoms in total. The predicted molar refractivity (Wildman–Crippen MR) is 220 cm³/mol. The third-order valence-electron chi connectivity index (χ3n) is 10.2. The van der Waals surface area contributed by atoms with Crippen LogP contribution in [0.25, 0.3) is 43.1 Å². The van der Waals surface area contributed by atoms with Gasteiger partial charge in [-0.2, -0.15) is 0 Å². The quantitative estimate of drug-likeness (QED) is 0.0294. The topological polar surface area (TPSA) is 89.9 Å². The lowest BCUT2D eigenvalue weighted by molar-refractivity contribution is -0.137. The van der Waals surface area contributed by atoms with Crippen LogP contribution in [0, 0.1) is 0 Å². The third kappa shape index (κ3) is 9.73. The van der Waals surface area contributed by atoms with Crippen LogP contribution in [-0.2, 0) is 9.53 Å². The molecular weight excluding hydrogens is 673 g/mol. The number of hydrogen-bond acceptors (Lipinski definition) is 5. The summed E-state index contributed by atoms with van der Waals surface area (Å²) in [5.41, 5.74) is 0.711. The molecule has 0 saturated carbocycles. The maximum Gasteiger partial charge on any atom is 0.344 e. The van der Waals surface area contributed by atoms with E-state index in [1.807, 2.05) is 84.9 Å². The van der Waals surface area contributed by atoms with Gasteiger partial charge in [0, 0.05) is 18.2 Å². The van der Waals surface area contributed by atoms with E-state index < -0.39 is 17.9 Å². The summed E-state index contributed by atoms with van der Waals surface area (Å²) in [6.45, 7) is 2.18. The summed E-state index contributed by atoms with van der Waals surface area (Å²) >= 11 is 0. The predicted octanol–water partition coefficient (Wildman–Crippen LogP) is 12.8. The molecule has 0 aromatic heterocycles. The van der Waals surface area contributed by atoms with Crippen LogP contribution in [0.3, 0.4) is 0 Å². The first-order chi connectivity index (χ1) is 26.4. The van der Waals surface area contributed by atoms with Gasteiger partial charge in [-0.3, -0.25) is 4.79 Å². The Balaban J connectivity index is 1.28. The first kappa shape index (κ1) is 38.2. The van der Waals surface area contributed by atoms with Gasteiger partial charge in [0.15, 0.2) is 0 Å². The average Bonchev–Trinajstić information content (AvgIpc) is 3.18. The summed E-state index contributed by atoms with van der Waals surface area (Å²) in [6, 6.07) is 33.3. The second-order valence-corrected chi connectivity index (χ2v) is 14.2. The molecule has 0 radical (unpaired) electrons. The van der Waals surface area contributed by atoms with Crippen molar-refractivity contribution in [2.24, 2.45) is 0 Å². The molecule has 0 heterocycles. The van der Waals surface area contributed by atoms with Crippen molar-refractivity contribution in [3.63, 3.8) is 0 Å². The Morgan fingerprint density at radius 3 is 1.89 bits per heavy atom. The van der Waals surface area contributed by atoms with Crippen molar-refractivity contribution in [1.82, 2.24) is 0 Å². The molecule has 1 atom stereocenters. The Labute approximate surface area is 317 Å². The number of rotatable bonds is 19. The van der Waals surface area contributed by atoms with Crippen molar-refractivity contribution in [2.45, 2.75) is 96.5 Å². The van der Waals surface area contributed by atoms with Crippen LogP contribution < -0.4 is 4.74 Å². The highest BCUT2D eigenvalue weighted by atomic mass is 16.6. The molecule has 6 rings (SSSR count). The van der Waals surface area contributed by atoms with Crippen LogP contribution >= 0.6 is 0 Å². The maximum absolute atomic E-state index is 14.5. The molecule has 0 saturated heterocycles. The molecule has 6 aromatic rings. The highest BCUT2D eigenvalue weighted by molar-refractivity contribution is 6.18. The summed E-state index contributed by atoms with van der Waals surface area (Å²) in [5.74, 6) is -1.59. The molecule has 6 aromatic carbocycles. The molecule has 278 valence electrons. The van der Waals surface area contributed by atoms with Gasteiger partial charge in [-0.1, -0.05) is 136 Å². The SMILES string of the molecule is CCCCCCC(C/C=C\CCCCCCCC(=O)O)OC(=O)c1c(OC(=O)c2c3ccccc3cc3ccccc23)ccc2cc3ccccc3cc12. The van der Waals surface area contributed by atoms with Crippen LogP contribution in [0.4, 0.5) is 0 Å². The monoisotopic (exact) mass is 722 g/mol. The third-order valence-corrected chi connectivity index (χ3v) is 10.2. The van der Waals surface area contributed by atoms with Gasteiger partial charge in [0.05, 0.1) is 5.56 Å². The number of carboxylic acids is 1. The first-order valence-electron chi connectivity index (χ1n) is 19.6. The summed E-state index contributed by atoms with van der Waals surface area (Å²) in [5, 5.41) is 15.8. The Morgan fingerprint density at radius 2 is 1.19 bits per heavy atom. The van der Waals surface area contributed by atoms with Gasteiger partial charge >= 0.3 is 17.9 Å². The molecule has 6 heteroatoms. The number of benzene rings is 6. The first-order valence-corrected chi connectivity index (χ1v) is 19.6. The lowest BCUT2D eigenvalue weighted by Gasteiger charge is -2.19. The summed E-state index contributed by atoms with van der Waals surface area (Å²) in [6.07, 6.45) is 15.5. The van der Waals surface area contributed by atoms with Gasteiger partial charge < -0.3 is 14.6 Å². The van der Waals surface area contributed by atoms with Crippen molar-refractivity contribution < 1.29 is 29.0 Å². The van der Waals surface area contributed by atoms with E-state index in [0.29, 0.717) is 17.4 Å². The van der Waals surface area contributed by atoms with Gasteiger partial charge in [-0.25, -0.2) is 9.59 Å². The molecule has 0 amide bonds. The number of carboxylic acid groups (broad SMARTS) is 1. The van der Waals surface area contributed by atoms with Crippen molar-refractivity contribution in [3.8, 4) is 5.75 Å². The second kappa shape index (κ2) is 19.0. The van der Waals surface area contributed by atoms with E-state index in [-0.39, 0.29) is 23.8 Å². The molecule has 0 bridgehead atoms. The summed E-state index contributed by atoms with van der Waals surface area (Å²) in [4.78, 5) is 39.5. The fourth-order valence-corrected chi connectivity index (χ4v) is 7.34. The van der Waals surface area contributed by atoms with E-state index in [1.165, 1.54) is 0 Å². The van der Waals surface area contributed by atoms with E-state index in [4.69, 9.17) is 14.6 Å². The lowest BCUT2D eigenvalue weighted by Crippen LogP contribution is -2.20. The van der Waals surface area contributed by atoms with E-state index >= 15 is 0 Å². The molecule has 1 unspecified atom stereocenters. The van der Waals surface area contributed by atoms with Gasteiger partial charge in [-0.15, -0.1) is 0 Å². The normalized spacial score (nSPS) is 12.2. The van der Waals surface area contributed by atoms with Crippen LogP contribution in [0.5, 0.6) is 5.75 Å². The lowest BCUT2D eigenvalue weighted by atomic mass is 9.96. The molecule has 0 aliphatic rings. The van der Waals surface area contributed by atoms with Crippen molar-refractivity contribution >= 4 is 61.0 Å². The van der Waals surface area contributed by atoms with Crippen molar-refractivity contribution in [2.75, 3.05) is 0 Å². The standard InChI is InChI=1S/C48H50O6/c1-2-3-4-11-24-39(25-12-9-7-5-6-8-10-13-28-44(49)50)53-48(52)46-42-33-35-21-15-14-20-34(35)31-38(42)29-30-43(46)54-47(51)45-40-26-18-16-22-36(40)32-37-23-17-19-27-41(37)45/h9,12,14-23,26-27,29-33,39H,2-8,10-11,13,24-25,28H2,1H3,(H,49,50)/b12-9-. The fraction of sp³-hybridized carbons (Fsp3) is 0.312. The Morgan fingerprint density at radius 1 is 0.593 bits per heavy atom. The Hall–Kier alpha value is -5.49. The van der Waals surface area contributed by atoms with Gasteiger partial charge in [0.25, 0.3) is 0 Å². The van der Waals surface area contributed by atoms with Crippen LogP contribution in [0.1, 0.15) is 111 Å². The van der Waals surface area contributed by atoms with Gasteiger partial charge in [0.1, 0.15) is 17.4 Å². The molecule has 1 N–H and O–H groups in total. The second-order valence-electron chi connectivity index (χ2n) is 14.2. The largest absolute Gasteiger partial charge is 0.481 e. The number of carbonyl (C=O) groups is 3. The number of carbonyl (C=O) groups excluding carboxylic acids is 2. The molecule has 54 heavy (non-hydrogen) atoms. The number of ether oxygens (including phenoxy) is 2. The minimum atomic E-state index is -0.733. The van der Waals surface area contributed by atoms with E-state index in [1.54, 1.807) is 6.07 Å². The number of unbranched alkanes of at least 4 members (excludes halogenated alkanes) is 8. The highest BCUT2D eigenvalue weighted by Gasteiger charge is 2.25. The molecule has 0 fully saturated rings. The molecule has 0 spiro atoms. The smallest absolute Gasteiger partial charge is 0.344 e. The van der Waals surface area contributed by atoms with Crippen LogP contribution in [-0.4, -0.2) is 29.1 Å². The molecule has 0 aliphatic carbocycles. The van der Waals surface area contributed by atoms with Crippen LogP contribution in [0.15, 0.2) is 115 Å². The fourth-order valence-electron chi connectivity index (χ4n) is 7.34. The van der Waals surface area contributed by atoms with Gasteiger partial charge in [0.2, 0.25) is 0 Å². The Bertz CT molecular complexity index is 2210. The Kier molecular flexibility index (Phi) is 13.5. The summed E-state index contributed by atoms with van der Waals surface area (Å²) < 4.78 is 12.6. The molecule has 0 aliphatic heterocycles. The molecular formula is C48H50O6. The zero-order valence-electron chi connectivity index (χ0n) is 31.2. The van der Waals surface area contributed by atoms with E-state index in [0.717, 1.165) is 108 Å². The number of esters is 2. The number of aliphatic carboxylic acids is 1. The van der Waals surface area contributed by atoms with Crippen molar-refractivity contribution in [1.29, 1.82) is 0 Å². The van der Waals surface area contributed by atoms with Gasteiger partial charge in [-0.05, 0) is 94.1 Å². The number of allylic oxidation sites excluding steroid dienone is 1. The number of fused-ring (bicyclic) bond motifs is 4. The maximum atomic E-state index is 14.5. The van der Waals surface area contributed by atoms with E-state index in [2.05, 4.69) is 31.2 Å².